The number of hydrogen-bond acceptors (Lipinski definition) is 4. The summed E-state index contributed by atoms with van der Waals surface area (Å²) in [5.74, 6) is -0.513. The van der Waals surface area contributed by atoms with E-state index in [0.717, 1.165) is 5.56 Å². The number of methoxy groups -OCH3 is 1. The number of carbonyl (C=O) groups is 2. The zero-order chi connectivity index (χ0) is 13.1. The molecule has 96 valence electrons. The normalized spacial score (nSPS) is 19.8. The molecule has 0 spiro atoms. The van der Waals surface area contributed by atoms with Crippen LogP contribution in [0.5, 0.6) is 0 Å². The van der Waals surface area contributed by atoms with Crippen molar-refractivity contribution < 1.29 is 19.2 Å². The minimum absolute atomic E-state index is 0.295. The summed E-state index contributed by atoms with van der Waals surface area (Å²) in [7, 11) is 2.65. The standard InChI is InChI=1S/C12H14N2O4/c1-17-11-10(15)14(18-2)12(16)13(11)8-9-6-4-3-5-7-9/h3-7,11H,8H2,1-2H3. The molecule has 0 aromatic heterocycles. The van der Waals surface area contributed by atoms with E-state index in [1.165, 1.54) is 19.1 Å². The van der Waals surface area contributed by atoms with Crippen LogP contribution in [0.15, 0.2) is 30.3 Å². The van der Waals surface area contributed by atoms with Crippen LogP contribution in [0.25, 0.3) is 0 Å². The van der Waals surface area contributed by atoms with Gasteiger partial charge < -0.3 is 4.74 Å². The molecule has 0 radical (unpaired) electrons. The molecule has 2 rings (SSSR count). The summed E-state index contributed by atoms with van der Waals surface area (Å²) in [4.78, 5) is 29.8. The first-order chi connectivity index (χ1) is 8.69. The Morgan fingerprint density at radius 1 is 1.17 bits per heavy atom. The minimum Gasteiger partial charge on any atom is -0.353 e. The molecule has 1 heterocycles. The first-order valence-electron chi connectivity index (χ1n) is 5.44. The van der Waals surface area contributed by atoms with Gasteiger partial charge in [0, 0.05) is 7.11 Å². The average molecular weight is 250 g/mol. The Balaban J connectivity index is 2.21. The van der Waals surface area contributed by atoms with Crippen molar-refractivity contribution in [1.29, 1.82) is 0 Å². The first-order valence-corrected chi connectivity index (χ1v) is 5.44. The molecule has 6 nitrogen and oxygen atoms in total. The van der Waals surface area contributed by atoms with Crippen LogP contribution in [0.3, 0.4) is 0 Å². The lowest BCUT2D eigenvalue weighted by molar-refractivity contribution is -0.164. The summed E-state index contributed by atoms with van der Waals surface area (Å²) in [5, 5.41) is 0.705. The molecule has 1 atom stereocenters. The van der Waals surface area contributed by atoms with Crippen molar-refractivity contribution in [2.24, 2.45) is 0 Å². The number of rotatable bonds is 4. The zero-order valence-electron chi connectivity index (χ0n) is 10.2. The summed E-state index contributed by atoms with van der Waals surface area (Å²) >= 11 is 0. The Labute approximate surface area is 105 Å². The quantitative estimate of drug-likeness (QED) is 0.747. The van der Waals surface area contributed by atoms with Gasteiger partial charge in [-0.25, -0.2) is 4.79 Å². The van der Waals surface area contributed by atoms with Gasteiger partial charge in [0.2, 0.25) is 6.23 Å². The van der Waals surface area contributed by atoms with Gasteiger partial charge in [-0.05, 0) is 5.56 Å². The van der Waals surface area contributed by atoms with Gasteiger partial charge in [0.15, 0.2) is 0 Å². The lowest BCUT2D eigenvalue weighted by Gasteiger charge is -2.19. The lowest BCUT2D eigenvalue weighted by atomic mass is 10.2. The van der Waals surface area contributed by atoms with Crippen molar-refractivity contribution in [3.63, 3.8) is 0 Å². The number of benzene rings is 1. The monoisotopic (exact) mass is 250 g/mol. The van der Waals surface area contributed by atoms with Gasteiger partial charge >= 0.3 is 11.9 Å². The molecule has 1 saturated heterocycles. The number of urea groups is 1. The number of ether oxygens (including phenoxy) is 1. The van der Waals surface area contributed by atoms with Crippen molar-refractivity contribution in [2.75, 3.05) is 14.2 Å². The molecule has 1 aliphatic rings. The van der Waals surface area contributed by atoms with Crippen LogP contribution in [0.1, 0.15) is 5.56 Å². The summed E-state index contributed by atoms with van der Waals surface area (Å²) in [6.07, 6.45) is -0.933. The summed E-state index contributed by atoms with van der Waals surface area (Å²) in [6.45, 7) is 0.295. The van der Waals surface area contributed by atoms with Gasteiger partial charge in [-0.15, -0.1) is 5.06 Å². The molecule has 0 N–H and O–H groups in total. The Hall–Kier alpha value is -1.92. The molecule has 1 aromatic carbocycles. The molecule has 3 amide bonds. The summed E-state index contributed by atoms with van der Waals surface area (Å²) < 4.78 is 5.04. The second-order valence-corrected chi connectivity index (χ2v) is 3.80. The Morgan fingerprint density at radius 3 is 2.39 bits per heavy atom. The van der Waals surface area contributed by atoms with Gasteiger partial charge in [-0.1, -0.05) is 30.3 Å². The van der Waals surface area contributed by atoms with Crippen LogP contribution < -0.4 is 0 Å². The SMILES string of the molecule is COC1C(=O)N(OC)C(=O)N1Cc1ccccc1. The van der Waals surface area contributed by atoms with Crippen LogP contribution in [0.4, 0.5) is 4.79 Å². The van der Waals surface area contributed by atoms with Gasteiger partial charge in [0.05, 0.1) is 13.7 Å². The van der Waals surface area contributed by atoms with Crippen molar-refractivity contribution in [3.8, 4) is 0 Å². The molecule has 1 unspecified atom stereocenters. The molecular weight excluding hydrogens is 236 g/mol. The summed E-state index contributed by atoms with van der Waals surface area (Å²) in [6, 6.07) is 8.86. The Morgan fingerprint density at radius 2 is 1.83 bits per heavy atom. The van der Waals surface area contributed by atoms with E-state index in [1.807, 2.05) is 30.3 Å². The molecular formula is C12H14N2O4. The largest absolute Gasteiger partial charge is 0.354 e. The number of amides is 3. The topological polar surface area (TPSA) is 59.1 Å². The molecule has 0 aliphatic carbocycles. The van der Waals surface area contributed by atoms with Crippen molar-refractivity contribution >= 4 is 11.9 Å². The van der Waals surface area contributed by atoms with Gasteiger partial charge in [-0.2, -0.15) is 0 Å². The van der Waals surface area contributed by atoms with Crippen LogP contribution in [-0.2, 0) is 20.9 Å². The van der Waals surface area contributed by atoms with E-state index in [0.29, 0.717) is 11.6 Å². The number of nitrogens with zero attached hydrogens (tertiary/aromatic N) is 2. The number of hydroxylamine groups is 2. The van der Waals surface area contributed by atoms with Gasteiger partial charge in [0.1, 0.15) is 0 Å². The predicted octanol–water partition coefficient (Wildman–Crippen LogP) is 0.985. The van der Waals surface area contributed by atoms with Gasteiger partial charge in [0.25, 0.3) is 0 Å². The molecule has 1 fully saturated rings. The van der Waals surface area contributed by atoms with Crippen LogP contribution in [-0.4, -0.2) is 42.3 Å². The van der Waals surface area contributed by atoms with E-state index in [-0.39, 0.29) is 0 Å². The van der Waals surface area contributed by atoms with E-state index in [4.69, 9.17) is 9.57 Å². The summed E-state index contributed by atoms with van der Waals surface area (Å²) in [5.41, 5.74) is 0.915. The van der Waals surface area contributed by atoms with Crippen LogP contribution >= 0.6 is 0 Å². The van der Waals surface area contributed by atoms with Crippen LogP contribution in [0, 0.1) is 0 Å². The van der Waals surface area contributed by atoms with Crippen molar-refractivity contribution in [3.05, 3.63) is 35.9 Å². The maximum atomic E-state index is 11.9. The molecule has 0 bridgehead atoms. The van der Waals surface area contributed by atoms with E-state index >= 15 is 0 Å². The third-order valence-corrected chi connectivity index (χ3v) is 2.72. The highest BCUT2D eigenvalue weighted by Gasteiger charge is 2.46. The molecule has 1 aromatic rings. The minimum atomic E-state index is -0.933. The fourth-order valence-corrected chi connectivity index (χ4v) is 1.87. The van der Waals surface area contributed by atoms with Crippen molar-refractivity contribution in [1.82, 2.24) is 9.96 Å². The van der Waals surface area contributed by atoms with Gasteiger partial charge in [-0.3, -0.25) is 14.5 Å². The predicted molar refractivity (Wildman–Crippen MR) is 62.0 cm³/mol. The third kappa shape index (κ3) is 2.07. The fourth-order valence-electron chi connectivity index (χ4n) is 1.87. The maximum absolute atomic E-state index is 11.9. The Kier molecular flexibility index (Phi) is 3.59. The highest BCUT2D eigenvalue weighted by Crippen LogP contribution is 2.20. The number of imide groups is 1. The number of carbonyl (C=O) groups excluding carboxylic acids is 2. The molecule has 6 heteroatoms. The Bertz CT molecular complexity index is 449. The first kappa shape index (κ1) is 12.5. The van der Waals surface area contributed by atoms with Crippen LogP contribution in [0.2, 0.25) is 0 Å². The second kappa shape index (κ2) is 5.16. The van der Waals surface area contributed by atoms with E-state index in [1.54, 1.807) is 0 Å². The number of hydrogen-bond donors (Lipinski definition) is 0. The maximum Gasteiger partial charge on any atom is 0.354 e. The van der Waals surface area contributed by atoms with Crippen molar-refractivity contribution in [2.45, 2.75) is 12.8 Å². The lowest BCUT2D eigenvalue weighted by Crippen LogP contribution is -2.35. The molecule has 0 saturated carbocycles. The second-order valence-electron chi connectivity index (χ2n) is 3.80. The van der Waals surface area contributed by atoms with E-state index in [2.05, 4.69) is 0 Å². The fraction of sp³-hybridized carbons (Fsp3) is 0.333. The smallest absolute Gasteiger partial charge is 0.353 e. The molecule has 1 aliphatic heterocycles. The molecule has 18 heavy (non-hydrogen) atoms. The third-order valence-electron chi connectivity index (χ3n) is 2.72. The highest BCUT2D eigenvalue weighted by molar-refractivity contribution is 6.02. The average Bonchev–Trinajstić information content (AvgIpc) is 2.62. The zero-order valence-corrected chi connectivity index (χ0v) is 10.2. The van der Waals surface area contributed by atoms with E-state index in [9.17, 15) is 9.59 Å². The highest BCUT2D eigenvalue weighted by atomic mass is 16.7. The van der Waals surface area contributed by atoms with E-state index < -0.39 is 18.2 Å².